The Morgan fingerprint density at radius 1 is 0.864 bits per heavy atom. The number of piperidine rings is 2. The number of ketones is 1. The van der Waals surface area contributed by atoms with Crippen LogP contribution in [-0.4, -0.2) is 117 Å². The number of Topliss-reactive ketones (excluding diaryl/α,β-unsaturated/α-hetero) is 1. The van der Waals surface area contributed by atoms with Gasteiger partial charge in [-0.15, -0.1) is 0 Å². The van der Waals surface area contributed by atoms with Crippen molar-refractivity contribution in [3.05, 3.63) is 113 Å². The van der Waals surface area contributed by atoms with Crippen molar-refractivity contribution >= 4 is 51.9 Å². The third-order valence-electron chi connectivity index (χ3n) is 13.5. The molecular weight excluding hydrogens is 842 g/mol. The number of aryl methyl sites for hydroxylation is 1. The van der Waals surface area contributed by atoms with Gasteiger partial charge in [-0.25, -0.2) is 24.0 Å². The zero-order valence-electron chi connectivity index (χ0n) is 36.7. The van der Waals surface area contributed by atoms with Gasteiger partial charge in [0.05, 0.1) is 29.9 Å². The molecule has 4 aliphatic heterocycles. The molecule has 3 saturated heterocycles. The van der Waals surface area contributed by atoms with E-state index in [1.54, 1.807) is 9.58 Å². The van der Waals surface area contributed by atoms with Gasteiger partial charge in [-0.05, 0) is 91.3 Å². The van der Waals surface area contributed by atoms with Crippen LogP contribution in [-0.2, 0) is 22.6 Å². The van der Waals surface area contributed by atoms with Gasteiger partial charge in [0.25, 0.3) is 5.91 Å². The number of rotatable bonds is 12. The molecule has 6 aromatic rings. The molecule has 66 heavy (non-hydrogen) atoms. The number of hydrogen-bond donors (Lipinski definition) is 2. The van der Waals surface area contributed by atoms with Crippen molar-refractivity contribution in [3.63, 3.8) is 0 Å². The first kappa shape index (κ1) is 42.7. The molecule has 3 N–H and O–H groups in total. The number of nitrogens with two attached hydrogens (primary N) is 1. The minimum Gasteiger partial charge on any atom is -0.496 e. The molecule has 3 fully saturated rings. The zero-order chi connectivity index (χ0) is 45.5. The Bertz CT molecular complexity index is 2840. The maximum absolute atomic E-state index is 13.9. The Labute approximate surface area is 380 Å². The molecular formula is C49H50FN11O5. The predicted molar refractivity (Wildman–Crippen MR) is 246 cm³/mol. The van der Waals surface area contributed by atoms with E-state index in [-0.39, 0.29) is 36.0 Å². The molecule has 0 radical (unpaired) electrons. The van der Waals surface area contributed by atoms with Crippen molar-refractivity contribution in [2.24, 2.45) is 5.92 Å². The van der Waals surface area contributed by atoms with Crippen molar-refractivity contribution in [2.45, 2.75) is 51.1 Å². The minimum atomic E-state index is -0.613. The highest BCUT2D eigenvalue weighted by molar-refractivity contribution is 6.05. The molecule has 17 heteroatoms. The molecule has 10 rings (SSSR count). The number of methoxy groups -OCH3 is 1. The normalized spacial score (nSPS) is 18.2. The van der Waals surface area contributed by atoms with E-state index in [4.69, 9.17) is 20.6 Å². The molecule has 3 aromatic heterocycles. The Morgan fingerprint density at radius 2 is 1.65 bits per heavy atom. The van der Waals surface area contributed by atoms with Gasteiger partial charge in [0.15, 0.2) is 11.4 Å². The second-order valence-corrected chi connectivity index (χ2v) is 17.5. The highest BCUT2D eigenvalue weighted by atomic mass is 19.1. The number of anilines is 3. The lowest BCUT2D eigenvalue weighted by atomic mass is 9.96. The van der Waals surface area contributed by atoms with Crippen LogP contribution < -0.4 is 25.6 Å². The molecule has 0 bridgehead atoms. The summed E-state index contributed by atoms with van der Waals surface area (Å²) in [5, 5.41) is 7.97. The number of imide groups is 1. The monoisotopic (exact) mass is 891 g/mol. The quantitative estimate of drug-likeness (QED) is 0.121. The van der Waals surface area contributed by atoms with Crippen LogP contribution in [0.25, 0.3) is 28.0 Å². The average Bonchev–Trinajstić information content (AvgIpc) is 3.89. The summed E-state index contributed by atoms with van der Waals surface area (Å²) in [6.45, 7) is 7.00. The van der Waals surface area contributed by atoms with Gasteiger partial charge in [-0.3, -0.25) is 29.4 Å². The van der Waals surface area contributed by atoms with Crippen LogP contribution in [0, 0.1) is 11.7 Å². The topological polar surface area (TPSA) is 185 Å². The first-order chi connectivity index (χ1) is 32.1. The molecule has 0 saturated carbocycles. The van der Waals surface area contributed by atoms with E-state index in [9.17, 15) is 23.6 Å². The zero-order valence-corrected chi connectivity index (χ0v) is 36.7. The predicted octanol–water partition coefficient (Wildman–Crippen LogP) is 5.22. The fourth-order valence-corrected chi connectivity index (χ4v) is 9.82. The Balaban J connectivity index is 0.726. The lowest BCUT2D eigenvalue weighted by molar-refractivity contribution is -0.136. The number of halogens is 1. The molecule has 0 unspecified atom stereocenters. The maximum atomic E-state index is 13.9. The molecule has 3 aromatic carbocycles. The summed E-state index contributed by atoms with van der Waals surface area (Å²) in [6.07, 6.45) is 6.66. The van der Waals surface area contributed by atoms with E-state index >= 15 is 0 Å². The van der Waals surface area contributed by atoms with Crippen molar-refractivity contribution < 1.29 is 28.3 Å². The van der Waals surface area contributed by atoms with Crippen molar-refractivity contribution in [2.75, 3.05) is 68.5 Å². The number of aromatic nitrogens is 5. The van der Waals surface area contributed by atoms with Gasteiger partial charge in [-0.2, -0.15) is 5.10 Å². The van der Waals surface area contributed by atoms with Crippen molar-refractivity contribution in [1.82, 2.24) is 39.8 Å². The summed E-state index contributed by atoms with van der Waals surface area (Å²) in [7, 11) is 1.46. The number of pyridine rings is 1. The van der Waals surface area contributed by atoms with Gasteiger partial charge < -0.3 is 25.2 Å². The highest BCUT2D eigenvalue weighted by Crippen LogP contribution is 2.34. The average molecular weight is 892 g/mol. The number of amides is 3. The van der Waals surface area contributed by atoms with E-state index in [1.165, 1.54) is 31.6 Å². The molecule has 3 amide bonds. The van der Waals surface area contributed by atoms with Crippen molar-refractivity contribution in [3.8, 4) is 22.7 Å². The number of carbonyl (C=O) groups excluding carboxylic acids is 4. The minimum absolute atomic E-state index is 0.147. The number of piperazine rings is 1. The molecule has 338 valence electrons. The lowest BCUT2D eigenvalue weighted by Gasteiger charge is -2.40. The number of nitrogen functional groups attached to an aromatic ring is 1. The number of ether oxygens (including phenoxy) is 1. The Hall–Kier alpha value is -7.27. The van der Waals surface area contributed by atoms with Gasteiger partial charge >= 0.3 is 0 Å². The molecule has 0 spiro atoms. The van der Waals surface area contributed by atoms with Crippen LogP contribution in [0.3, 0.4) is 0 Å². The fourth-order valence-electron chi connectivity index (χ4n) is 9.82. The van der Waals surface area contributed by atoms with Crippen molar-refractivity contribution in [1.29, 1.82) is 0 Å². The maximum Gasteiger partial charge on any atom is 0.255 e. The largest absolute Gasteiger partial charge is 0.496 e. The summed E-state index contributed by atoms with van der Waals surface area (Å²) < 4.78 is 20.9. The summed E-state index contributed by atoms with van der Waals surface area (Å²) >= 11 is 0. The standard InChI is InChI=1S/C49H50FN11O5/c1-66-41-13-7-34(50)25-38(41)40(62)12-4-30-2-5-32(6-3-30)45-44-46(51)53-29-54-47(44)61(56-45)36-9-14-42(52-26-36)59-18-16-31(17-19-59)27-57-20-22-58(23-21-57)35-8-10-37-33(24-35)28-60(49(37)65)39-11-15-43(63)55-48(39)64/h2-3,5-10,13-14,24-26,29,31,39H,4,11-12,15-23,27-28H2,1H3,(H2,51,53,54)(H,55,63,64)/t39-/m0/s1. The molecule has 16 nitrogen and oxygen atoms in total. The number of carbonyl (C=O) groups is 4. The summed E-state index contributed by atoms with van der Waals surface area (Å²) in [5.41, 5.74) is 13.0. The highest BCUT2D eigenvalue weighted by Gasteiger charge is 2.39. The van der Waals surface area contributed by atoms with Gasteiger partial charge in [0.1, 0.15) is 41.3 Å². The van der Waals surface area contributed by atoms with Gasteiger partial charge in [0.2, 0.25) is 11.8 Å². The lowest BCUT2D eigenvalue weighted by Crippen LogP contribution is -2.52. The van der Waals surface area contributed by atoms with Crippen LogP contribution in [0.15, 0.2) is 85.3 Å². The van der Waals surface area contributed by atoms with E-state index in [2.05, 4.69) is 36.1 Å². The van der Waals surface area contributed by atoms with Gasteiger partial charge in [-0.1, -0.05) is 24.3 Å². The summed E-state index contributed by atoms with van der Waals surface area (Å²) in [6, 6.07) is 21.1. The second-order valence-electron chi connectivity index (χ2n) is 17.5. The fraction of sp³-hybridized carbons (Fsp3) is 0.347. The molecule has 1 atom stereocenters. The molecule has 0 aliphatic carbocycles. The Morgan fingerprint density at radius 3 is 2.39 bits per heavy atom. The van der Waals surface area contributed by atoms with E-state index in [0.717, 1.165) is 92.5 Å². The van der Waals surface area contributed by atoms with Crippen LogP contribution in [0.2, 0.25) is 0 Å². The molecule has 7 heterocycles. The first-order valence-corrected chi connectivity index (χ1v) is 22.5. The second kappa shape index (κ2) is 18.0. The summed E-state index contributed by atoms with van der Waals surface area (Å²) in [5.74, 6) is 0.664. The van der Waals surface area contributed by atoms with Crippen LogP contribution >= 0.6 is 0 Å². The third-order valence-corrected chi connectivity index (χ3v) is 13.5. The first-order valence-electron chi connectivity index (χ1n) is 22.5. The van der Waals surface area contributed by atoms with Crippen LogP contribution in [0.4, 0.5) is 21.7 Å². The SMILES string of the molecule is COc1ccc(F)cc1C(=O)CCc1ccc(-c2nn(-c3ccc(N4CCC(CN5CCN(c6ccc7c(c6)CN([C@H]6CCC(=O)NC6=O)C7=O)CC5)CC4)nc3)c3ncnc(N)c23)cc1. The number of benzene rings is 3. The number of hydrogen-bond acceptors (Lipinski definition) is 13. The Kier molecular flexibility index (Phi) is 11.6. The van der Waals surface area contributed by atoms with E-state index in [1.807, 2.05) is 54.7 Å². The number of nitrogens with zero attached hydrogens (tertiary/aromatic N) is 9. The summed E-state index contributed by atoms with van der Waals surface area (Å²) in [4.78, 5) is 72.9. The smallest absolute Gasteiger partial charge is 0.255 e. The van der Waals surface area contributed by atoms with E-state index < -0.39 is 17.8 Å². The number of fused-ring (bicyclic) bond motifs is 2. The van der Waals surface area contributed by atoms with Crippen LogP contribution in [0.5, 0.6) is 5.75 Å². The van der Waals surface area contributed by atoms with E-state index in [0.29, 0.717) is 59.2 Å². The van der Waals surface area contributed by atoms with Gasteiger partial charge in [0, 0.05) is 82.0 Å². The third kappa shape index (κ3) is 8.41. The van der Waals surface area contributed by atoms with Crippen LogP contribution in [0.1, 0.15) is 63.9 Å². The molecule has 4 aliphatic rings. The number of nitrogens with one attached hydrogen (secondary N) is 1.